The smallest absolute Gasteiger partial charge is 0.242 e. The molecule has 0 saturated heterocycles. The molecule has 0 amide bonds. The Morgan fingerprint density at radius 2 is 2.14 bits per heavy atom. The summed E-state index contributed by atoms with van der Waals surface area (Å²) in [5.74, 6) is 5.51. The van der Waals surface area contributed by atoms with E-state index >= 15 is 0 Å². The predicted molar refractivity (Wildman–Crippen MR) is 83.4 cm³/mol. The van der Waals surface area contributed by atoms with Gasteiger partial charge in [-0.15, -0.1) is 0 Å². The van der Waals surface area contributed by atoms with Crippen LogP contribution in [0.15, 0.2) is 23.1 Å². The number of rotatable bonds is 6. The molecule has 0 heterocycles. The van der Waals surface area contributed by atoms with E-state index in [1.54, 1.807) is 32.2 Å². The number of ether oxygens (including phenoxy) is 1. The molecule has 0 fully saturated rings. The van der Waals surface area contributed by atoms with Crippen molar-refractivity contribution in [2.45, 2.75) is 31.2 Å². The number of sulfonamides is 1. The molecule has 0 aliphatic carbocycles. The molecule has 0 bridgehead atoms. The van der Waals surface area contributed by atoms with Crippen LogP contribution in [0.25, 0.3) is 0 Å². The van der Waals surface area contributed by atoms with Crippen LogP contribution in [0, 0.1) is 18.8 Å². The quantitative estimate of drug-likeness (QED) is 0.768. The van der Waals surface area contributed by atoms with Crippen LogP contribution in [0.2, 0.25) is 0 Å². The topological polar surface area (TPSA) is 81.4 Å². The van der Waals surface area contributed by atoms with E-state index in [2.05, 4.69) is 16.6 Å². The molecule has 21 heavy (non-hydrogen) atoms. The number of methoxy groups -OCH3 is 1. The van der Waals surface area contributed by atoms with Gasteiger partial charge in [-0.25, -0.2) is 13.1 Å². The van der Waals surface area contributed by atoms with E-state index in [1.807, 2.05) is 6.92 Å². The van der Waals surface area contributed by atoms with Gasteiger partial charge in [0.25, 0.3) is 0 Å². The van der Waals surface area contributed by atoms with E-state index in [0.717, 1.165) is 5.56 Å². The van der Waals surface area contributed by atoms with Gasteiger partial charge >= 0.3 is 0 Å². The van der Waals surface area contributed by atoms with Crippen LogP contribution in [0.3, 0.4) is 0 Å². The summed E-state index contributed by atoms with van der Waals surface area (Å²) >= 11 is 0. The van der Waals surface area contributed by atoms with E-state index in [1.165, 1.54) is 0 Å². The molecule has 0 aliphatic rings. The molecule has 116 valence electrons. The van der Waals surface area contributed by atoms with Crippen LogP contribution in [0.5, 0.6) is 0 Å². The van der Waals surface area contributed by atoms with Crippen molar-refractivity contribution in [1.82, 2.24) is 4.72 Å². The zero-order valence-corrected chi connectivity index (χ0v) is 13.5. The van der Waals surface area contributed by atoms with E-state index in [-0.39, 0.29) is 17.5 Å². The molecule has 5 nitrogen and oxygen atoms in total. The van der Waals surface area contributed by atoms with Gasteiger partial charge in [0.1, 0.15) is 0 Å². The summed E-state index contributed by atoms with van der Waals surface area (Å²) in [7, 11) is -2.03. The normalized spacial score (nSPS) is 12.6. The number of hydrogen-bond donors (Lipinski definition) is 2. The van der Waals surface area contributed by atoms with Gasteiger partial charge < -0.3 is 10.5 Å². The number of nitrogens with two attached hydrogens (primary N) is 1. The van der Waals surface area contributed by atoms with Crippen LogP contribution >= 0.6 is 0 Å². The SMILES string of the molecule is COCCC(C)NS(=O)(=O)c1ccc(C)cc1C#CCN. The van der Waals surface area contributed by atoms with Crippen molar-refractivity contribution in [3.05, 3.63) is 29.3 Å². The molecule has 0 saturated carbocycles. The van der Waals surface area contributed by atoms with Crippen LogP contribution < -0.4 is 10.5 Å². The summed E-state index contributed by atoms with van der Waals surface area (Å²) in [4.78, 5) is 0.179. The standard InChI is InChI=1S/C15H22N2O3S/c1-12-6-7-15(14(11-12)5-4-9-16)21(18,19)17-13(2)8-10-20-3/h6-7,11,13,17H,8-10,16H2,1-3H3. The van der Waals surface area contributed by atoms with Gasteiger partial charge in [0.15, 0.2) is 0 Å². The fourth-order valence-corrected chi connectivity index (χ4v) is 3.23. The number of aryl methyl sites for hydroxylation is 1. The fourth-order valence-electron chi connectivity index (χ4n) is 1.80. The first kappa shape index (κ1) is 17.7. The Kier molecular flexibility index (Phi) is 6.85. The van der Waals surface area contributed by atoms with Gasteiger partial charge in [-0.3, -0.25) is 0 Å². The lowest BCUT2D eigenvalue weighted by atomic mass is 10.1. The van der Waals surface area contributed by atoms with Gasteiger partial charge in [-0.1, -0.05) is 17.9 Å². The van der Waals surface area contributed by atoms with Gasteiger partial charge in [-0.05, 0) is 38.0 Å². The predicted octanol–water partition coefficient (Wildman–Crippen LogP) is 1.01. The summed E-state index contributed by atoms with van der Waals surface area (Å²) in [6.07, 6.45) is 0.603. The first-order chi connectivity index (χ1) is 9.90. The third-order valence-corrected chi connectivity index (χ3v) is 4.51. The lowest BCUT2D eigenvalue weighted by Gasteiger charge is -2.15. The average molecular weight is 310 g/mol. The van der Waals surface area contributed by atoms with Crippen molar-refractivity contribution in [3.8, 4) is 11.8 Å². The summed E-state index contributed by atoms with van der Waals surface area (Å²) in [6.45, 7) is 4.37. The molecule has 0 aromatic heterocycles. The van der Waals surface area contributed by atoms with E-state index in [0.29, 0.717) is 18.6 Å². The molecule has 6 heteroatoms. The van der Waals surface area contributed by atoms with Crippen molar-refractivity contribution in [1.29, 1.82) is 0 Å². The lowest BCUT2D eigenvalue weighted by Crippen LogP contribution is -2.33. The van der Waals surface area contributed by atoms with Crippen molar-refractivity contribution >= 4 is 10.0 Å². The second kappa shape index (κ2) is 8.15. The molecule has 0 radical (unpaired) electrons. The second-order valence-electron chi connectivity index (χ2n) is 4.81. The Hall–Kier alpha value is -1.39. The highest BCUT2D eigenvalue weighted by molar-refractivity contribution is 7.89. The maximum atomic E-state index is 12.5. The number of nitrogens with one attached hydrogen (secondary N) is 1. The average Bonchev–Trinajstić information content (AvgIpc) is 2.42. The fraction of sp³-hybridized carbons (Fsp3) is 0.467. The third-order valence-electron chi connectivity index (χ3n) is 2.86. The zero-order chi connectivity index (χ0) is 15.9. The largest absolute Gasteiger partial charge is 0.385 e. The molecular weight excluding hydrogens is 288 g/mol. The van der Waals surface area contributed by atoms with Crippen molar-refractivity contribution < 1.29 is 13.2 Å². The summed E-state index contributed by atoms with van der Waals surface area (Å²) in [6, 6.07) is 4.85. The van der Waals surface area contributed by atoms with Crippen LogP contribution in [0.4, 0.5) is 0 Å². The summed E-state index contributed by atoms with van der Waals surface area (Å²) < 4.78 is 32.5. The Bertz CT molecular complexity index is 630. The monoisotopic (exact) mass is 310 g/mol. The number of benzene rings is 1. The molecule has 3 N–H and O–H groups in total. The molecule has 1 aromatic carbocycles. The highest BCUT2D eigenvalue weighted by atomic mass is 32.2. The highest BCUT2D eigenvalue weighted by Crippen LogP contribution is 2.17. The van der Waals surface area contributed by atoms with Crippen molar-refractivity contribution in [3.63, 3.8) is 0 Å². The van der Waals surface area contributed by atoms with Crippen LogP contribution in [0.1, 0.15) is 24.5 Å². The summed E-state index contributed by atoms with van der Waals surface area (Å²) in [5.41, 5.74) is 6.77. The first-order valence-corrected chi connectivity index (χ1v) is 8.20. The maximum absolute atomic E-state index is 12.5. The molecule has 0 spiro atoms. The van der Waals surface area contributed by atoms with Crippen LogP contribution in [-0.4, -0.2) is 34.7 Å². The number of hydrogen-bond acceptors (Lipinski definition) is 4. The third kappa shape index (κ3) is 5.48. The molecule has 0 aliphatic heterocycles. The lowest BCUT2D eigenvalue weighted by molar-refractivity contribution is 0.188. The molecule has 1 atom stereocenters. The van der Waals surface area contributed by atoms with E-state index < -0.39 is 10.0 Å². The summed E-state index contributed by atoms with van der Waals surface area (Å²) in [5, 5.41) is 0. The highest BCUT2D eigenvalue weighted by Gasteiger charge is 2.20. The Morgan fingerprint density at radius 1 is 1.43 bits per heavy atom. The van der Waals surface area contributed by atoms with Crippen molar-refractivity contribution in [2.24, 2.45) is 5.73 Å². The van der Waals surface area contributed by atoms with E-state index in [4.69, 9.17) is 10.5 Å². The van der Waals surface area contributed by atoms with Crippen molar-refractivity contribution in [2.75, 3.05) is 20.3 Å². The van der Waals surface area contributed by atoms with Gasteiger partial charge in [0.05, 0.1) is 11.4 Å². The molecule has 1 unspecified atom stereocenters. The maximum Gasteiger partial charge on any atom is 0.242 e. The minimum atomic E-state index is -3.62. The van der Waals surface area contributed by atoms with Gasteiger partial charge in [0, 0.05) is 25.3 Å². The molecule has 1 rings (SSSR count). The second-order valence-corrected chi connectivity index (χ2v) is 6.49. The Labute approximate surface area is 126 Å². The molecule has 1 aromatic rings. The van der Waals surface area contributed by atoms with Gasteiger partial charge in [0.2, 0.25) is 10.0 Å². The Morgan fingerprint density at radius 3 is 2.76 bits per heavy atom. The zero-order valence-electron chi connectivity index (χ0n) is 12.6. The first-order valence-electron chi connectivity index (χ1n) is 6.71. The minimum Gasteiger partial charge on any atom is -0.385 e. The Balaban J connectivity index is 3.07. The molecular formula is C15H22N2O3S. The van der Waals surface area contributed by atoms with Crippen LogP contribution in [-0.2, 0) is 14.8 Å². The van der Waals surface area contributed by atoms with Gasteiger partial charge in [-0.2, -0.15) is 0 Å². The minimum absolute atomic E-state index is 0.179. The van der Waals surface area contributed by atoms with E-state index in [9.17, 15) is 8.42 Å².